The Bertz CT molecular complexity index is 1410. The number of fused-ring (bicyclic) bond motifs is 2. The summed E-state index contributed by atoms with van der Waals surface area (Å²) in [6.07, 6.45) is 4.60. The third-order valence-corrected chi connectivity index (χ3v) is 7.76. The first kappa shape index (κ1) is 23.9. The smallest absolute Gasteiger partial charge is 0.157 e. The van der Waals surface area contributed by atoms with Crippen LogP contribution in [-0.4, -0.2) is 33.3 Å². The Morgan fingerprint density at radius 2 is 1.83 bits per heavy atom. The number of para-hydroxylation sites is 2. The second-order valence-electron chi connectivity index (χ2n) is 9.15. The largest absolute Gasteiger partial charge is 0.490 e. The predicted molar refractivity (Wildman–Crippen MR) is 148 cm³/mol. The number of aryl methyl sites for hydroxylation is 3. The van der Waals surface area contributed by atoms with Crippen LogP contribution in [0.2, 0.25) is 0 Å². The van der Waals surface area contributed by atoms with E-state index in [1.165, 1.54) is 27.0 Å². The van der Waals surface area contributed by atoms with Gasteiger partial charge in [0, 0.05) is 13.6 Å². The van der Waals surface area contributed by atoms with Gasteiger partial charge in [0.25, 0.3) is 0 Å². The molecule has 2 aromatic carbocycles. The van der Waals surface area contributed by atoms with E-state index < -0.39 is 0 Å². The van der Waals surface area contributed by atoms with E-state index in [1.54, 1.807) is 11.3 Å². The molecule has 0 saturated carbocycles. The zero-order chi connectivity index (χ0) is 22.9. The van der Waals surface area contributed by atoms with E-state index in [4.69, 9.17) is 9.72 Å². The molecule has 0 amide bonds. The Labute approximate surface area is 216 Å². The molecule has 1 fully saturated rings. The van der Waals surface area contributed by atoms with E-state index in [9.17, 15) is 0 Å². The van der Waals surface area contributed by atoms with E-state index in [0.717, 1.165) is 62.4 Å². The summed E-state index contributed by atoms with van der Waals surface area (Å²) in [7, 11) is 2.14. The van der Waals surface area contributed by atoms with Crippen molar-refractivity contribution in [2.75, 3.05) is 13.1 Å². The van der Waals surface area contributed by atoms with Gasteiger partial charge in [0.1, 0.15) is 11.9 Å². The van der Waals surface area contributed by atoms with Gasteiger partial charge >= 0.3 is 0 Å². The lowest BCUT2D eigenvalue weighted by Crippen LogP contribution is -2.34. The number of halogens is 1. The van der Waals surface area contributed by atoms with Crippen LogP contribution in [0.3, 0.4) is 0 Å². The first-order valence-corrected chi connectivity index (χ1v) is 13.1. The fourth-order valence-corrected chi connectivity index (χ4v) is 5.89. The number of hydrogen-bond acceptors (Lipinski definition) is 4. The minimum atomic E-state index is 0. The van der Waals surface area contributed by atoms with Crippen molar-refractivity contribution >= 4 is 45.0 Å². The molecule has 5 aromatic rings. The Hall–Kier alpha value is -2.80. The number of nitrogens with zero attached hydrogens (tertiary/aromatic N) is 3. The topological polar surface area (TPSA) is 44.0 Å². The van der Waals surface area contributed by atoms with Gasteiger partial charge in [-0.2, -0.15) is 0 Å². The summed E-state index contributed by atoms with van der Waals surface area (Å²) in [6, 6.07) is 21.6. The molecule has 4 heterocycles. The second kappa shape index (κ2) is 10.4. The highest BCUT2D eigenvalue weighted by Crippen LogP contribution is 2.32. The number of aromatic nitrogens is 3. The Balaban J connectivity index is 0.00000253. The van der Waals surface area contributed by atoms with Crippen LogP contribution >= 0.6 is 23.7 Å². The molecular formula is C28H31ClN4OS. The number of piperidine rings is 1. The maximum Gasteiger partial charge on any atom is 0.157 e. The number of ether oxygens (including phenoxy) is 1. The zero-order valence-corrected chi connectivity index (χ0v) is 21.6. The van der Waals surface area contributed by atoms with Crippen molar-refractivity contribution < 1.29 is 4.74 Å². The van der Waals surface area contributed by atoms with Crippen LogP contribution in [0.5, 0.6) is 5.75 Å². The average molecular weight is 507 g/mol. The standard InChI is InChI=1S/C28H30N4OS.ClH/c1-31-25-14-18-34-27(25)19-26(31)28-30-23-6-2-3-7-24(23)32(28)17-4-5-20-8-10-21(11-9-20)33-22-12-15-29-16-13-22;/h2-3,6-11,14,18-19,22,29H,4-5,12-13,15-17H2,1H3;1H. The molecular weight excluding hydrogens is 476 g/mol. The molecule has 1 aliphatic heterocycles. The van der Waals surface area contributed by atoms with Crippen LogP contribution in [0.4, 0.5) is 0 Å². The molecule has 1 N–H and O–H groups in total. The normalized spacial score (nSPS) is 14.4. The van der Waals surface area contributed by atoms with Gasteiger partial charge in [-0.25, -0.2) is 4.98 Å². The lowest BCUT2D eigenvalue weighted by molar-refractivity contribution is 0.162. The van der Waals surface area contributed by atoms with Crippen LogP contribution in [0.15, 0.2) is 66.0 Å². The lowest BCUT2D eigenvalue weighted by atomic mass is 10.1. The summed E-state index contributed by atoms with van der Waals surface area (Å²) < 4.78 is 12.1. The molecule has 1 saturated heterocycles. The van der Waals surface area contributed by atoms with E-state index >= 15 is 0 Å². The maximum absolute atomic E-state index is 6.16. The molecule has 1 aliphatic rings. The molecule has 0 radical (unpaired) electrons. The van der Waals surface area contributed by atoms with E-state index in [2.05, 4.69) is 87.5 Å². The van der Waals surface area contributed by atoms with Crippen molar-refractivity contribution in [3.05, 3.63) is 71.6 Å². The number of thiophene rings is 1. The van der Waals surface area contributed by atoms with Gasteiger partial charge in [-0.05, 0) is 86.1 Å². The first-order chi connectivity index (χ1) is 16.8. The summed E-state index contributed by atoms with van der Waals surface area (Å²) >= 11 is 1.79. The summed E-state index contributed by atoms with van der Waals surface area (Å²) in [5.74, 6) is 2.04. The van der Waals surface area contributed by atoms with Crippen molar-refractivity contribution in [3.8, 4) is 17.3 Å². The van der Waals surface area contributed by atoms with Crippen LogP contribution in [0.1, 0.15) is 24.8 Å². The molecule has 6 rings (SSSR count). The van der Waals surface area contributed by atoms with E-state index in [-0.39, 0.29) is 12.4 Å². The van der Waals surface area contributed by atoms with Crippen LogP contribution < -0.4 is 10.1 Å². The summed E-state index contributed by atoms with van der Waals surface area (Å²) in [5.41, 5.74) is 6.06. The summed E-state index contributed by atoms with van der Waals surface area (Å²) in [4.78, 5) is 5.04. The Morgan fingerprint density at radius 3 is 2.63 bits per heavy atom. The summed E-state index contributed by atoms with van der Waals surface area (Å²) in [5, 5.41) is 5.54. The van der Waals surface area contributed by atoms with Gasteiger partial charge in [-0.1, -0.05) is 24.3 Å². The number of imidazole rings is 1. The molecule has 0 unspecified atom stereocenters. The molecule has 35 heavy (non-hydrogen) atoms. The molecule has 5 nitrogen and oxygen atoms in total. The Kier molecular flexibility index (Phi) is 7.14. The monoisotopic (exact) mass is 506 g/mol. The van der Waals surface area contributed by atoms with Crippen LogP contribution in [0, 0.1) is 0 Å². The van der Waals surface area contributed by atoms with Crippen LogP contribution in [-0.2, 0) is 20.0 Å². The second-order valence-corrected chi connectivity index (χ2v) is 10.1. The van der Waals surface area contributed by atoms with Gasteiger partial charge in [0.05, 0.1) is 26.9 Å². The minimum Gasteiger partial charge on any atom is -0.490 e. The average Bonchev–Trinajstić information content (AvgIpc) is 3.56. The minimum absolute atomic E-state index is 0. The molecule has 0 bridgehead atoms. The SMILES string of the molecule is Cl.Cn1c(-c2nc3ccccc3n2CCCc2ccc(OC3CCNCC3)cc2)cc2sccc21. The van der Waals surface area contributed by atoms with E-state index in [0.29, 0.717) is 6.10 Å². The number of benzene rings is 2. The third-order valence-electron chi connectivity index (χ3n) is 6.91. The van der Waals surface area contributed by atoms with Crippen LogP contribution in [0.25, 0.3) is 32.8 Å². The molecule has 0 spiro atoms. The molecule has 0 aliphatic carbocycles. The van der Waals surface area contributed by atoms with Crippen molar-refractivity contribution in [2.24, 2.45) is 7.05 Å². The molecule has 7 heteroatoms. The van der Waals surface area contributed by atoms with Crippen molar-refractivity contribution in [3.63, 3.8) is 0 Å². The van der Waals surface area contributed by atoms with Gasteiger partial charge in [0.15, 0.2) is 5.82 Å². The lowest BCUT2D eigenvalue weighted by Gasteiger charge is -2.23. The van der Waals surface area contributed by atoms with Crippen molar-refractivity contribution in [1.29, 1.82) is 0 Å². The Morgan fingerprint density at radius 1 is 1.03 bits per heavy atom. The predicted octanol–water partition coefficient (Wildman–Crippen LogP) is 6.44. The molecule has 0 atom stereocenters. The van der Waals surface area contributed by atoms with Crippen molar-refractivity contribution in [2.45, 2.75) is 38.3 Å². The molecule has 3 aromatic heterocycles. The zero-order valence-electron chi connectivity index (χ0n) is 19.9. The maximum atomic E-state index is 6.16. The van der Waals surface area contributed by atoms with Gasteiger partial charge < -0.3 is 19.2 Å². The third kappa shape index (κ3) is 4.83. The fraction of sp³-hybridized carbons (Fsp3) is 0.321. The van der Waals surface area contributed by atoms with Crippen molar-refractivity contribution in [1.82, 2.24) is 19.4 Å². The summed E-state index contributed by atoms with van der Waals surface area (Å²) in [6.45, 7) is 3.03. The highest BCUT2D eigenvalue weighted by Gasteiger charge is 2.17. The van der Waals surface area contributed by atoms with Gasteiger partial charge in [-0.3, -0.25) is 0 Å². The first-order valence-electron chi connectivity index (χ1n) is 12.2. The highest BCUT2D eigenvalue weighted by atomic mass is 35.5. The molecule has 182 valence electrons. The number of hydrogen-bond donors (Lipinski definition) is 1. The number of nitrogens with one attached hydrogen (secondary N) is 1. The highest BCUT2D eigenvalue weighted by molar-refractivity contribution is 7.17. The van der Waals surface area contributed by atoms with Gasteiger partial charge in [-0.15, -0.1) is 23.7 Å². The van der Waals surface area contributed by atoms with E-state index in [1.807, 2.05) is 0 Å². The quantitative estimate of drug-likeness (QED) is 0.276. The van der Waals surface area contributed by atoms with Gasteiger partial charge in [0.2, 0.25) is 0 Å². The fourth-order valence-electron chi connectivity index (χ4n) is 5.04. The number of rotatable bonds is 7.